The number of benzene rings is 3. The van der Waals surface area contributed by atoms with Crippen LogP contribution in [0.3, 0.4) is 0 Å². The second-order valence-electron chi connectivity index (χ2n) is 7.29. The smallest absolute Gasteiger partial charge is 0.335 e. The SMILES string of the molecule is CCOc1cc(CNc2ccc(C(=O)O)cc2C)c(Cl)cc1OCc1ccc(C)cc1. The summed E-state index contributed by atoms with van der Waals surface area (Å²) in [7, 11) is 0. The molecule has 162 valence electrons. The molecule has 0 amide bonds. The van der Waals surface area contributed by atoms with Gasteiger partial charge in [0.05, 0.1) is 12.2 Å². The molecular weight excluding hydrogens is 414 g/mol. The van der Waals surface area contributed by atoms with Crippen LogP contribution >= 0.6 is 11.6 Å². The summed E-state index contributed by atoms with van der Waals surface area (Å²) in [5, 5.41) is 13.0. The first-order valence-electron chi connectivity index (χ1n) is 10.1. The van der Waals surface area contributed by atoms with E-state index >= 15 is 0 Å². The fourth-order valence-corrected chi connectivity index (χ4v) is 3.35. The van der Waals surface area contributed by atoms with Gasteiger partial charge in [0, 0.05) is 23.3 Å². The summed E-state index contributed by atoms with van der Waals surface area (Å²) >= 11 is 6.52. The Balaban J connectivity index is 1.74. The maximum atomic E-state index is 11.1. The van der Waals surface area contributed by atoms with Crippen LogP contribution in [-0.2, 0) is 13.2 Å². The summed E-state index contributed by atoms with van der Waals surface area (Å²) in [4.78, 5) is 11.1. The highest BCUT2D eigenvalue weighted by Crippen LogP contribution is 2.35. The lowest BCUT2D eigenvalue weighted by molar-refractivity contribution is 0.0697. The zero-order valence-corrected chi connectivity index (χ0v) is 18.6. The molecule has 0 aliphatic carbocycles. The minimum Gasteiger partial charge on any atom is -0.490 e. The Kier molecular flexibility index (Phi) is 7.42. The van der Waals surface area contributed by atoms with Crippen LogP contribution in [0.25, 0.3) is 0 Å². The highest BCUT2D eigenvalue weighted by molar-refractivity contribution is 6.31. The van der Waals surface area contributed by atoms with E-state index in [2.05, 4.69) is 17.4 Å². The van der Waals surface area contributed by atoms with Crippen LogP contribution in [0, 0.1) is 13.8 Å². The standard InChI is InChI=1S/C25H26ClNO4/c1-4-30-23-12-20(14-27-22-10-9-19(25(28)29)11-17(22)3)21(26)13-24(23)31-15-18-7-5-16(2)6-8-18/h5-13,27H,4,14-15H2,1-3H3,(H,28,29). The molecule has 0 spiro atoms. The minimum atomic E-state index is -0.944. The monoisotopic (exact) mass is 439 g/mol. The summed E-state index contributed by atoms with van der Waals surface area (Å²) in [5.41, 5.74) is 5.07. The zero-order chi connectivity index (χ0) is 22.4. The van der Waals surface area contributed by atoms with E-state index in [1.807, 2.05) is 39.0 Å². The van der Waals surface area contributed by atoms with Crippen LogP contribution in [-0.4, -0.2) is 17.7 Å². The van der Waals surface area contributed by atoms with Gasteiger partial charge < -0.3 is 19.9 Å². The lowest BCUT2D eigenvalue weighted by Gasteiger charge is -2.16. The summed E-state index contributed by atoms with van der Waals surface area (Å²) in [5.74, 6) is 0.284. The number of rotatable bonds is 9. The van der Waals surface area contributed by atoms with Crippen molar-refractivity contribution in [3.05, 3.63) is 87.4 Å². The summed E-state index contributed by atoms with van der Waals surface area (Å²) < 4.78 is 11.8. The van der Waals surface area contributed by atoms with Gasteiger partial charge in [0.15, 0.2) is 11.5 Å². The molecule has 31 heavy (non-hydrogen) atoms. The lowest BCUT2D eigenvalue weighted by Crippen LogP contribution is -2.05. The molecule has 0 saturated carbocycles. The molecule has 2 N–H and O–H groups in total. The second-order valence-corrected chi connectivity index (χ2v) is 7.69. The Hall–Kier alpha value is -3.18. The molecule has 0 fully saturated rings. The number of carboxylic acids is 1. The molecule has 3 rings (SSSR count). The number of carboxylic acid groups (broad SMARTS) is 1. The third-order valence-electron chi connectivity index (χ3n) is 4.87. The Labute approximate surface area is 187 Å². The summed E-state index contributed by atoms with van der Waals surface area (Å²) in [6, 6.07) is 16.8. The predicted molar refractivity (Wildman–Crippen MR) is 124 cm³/mol. The van der Waals surface area contributed by atoms with Crippen molar-refractivity contribution in [1.82, 2.24) is 0 Å². The molecule has 0 atom stereocenters. The van der Waals surface area contributed by atoms with Crippen LogP contribution in [0.1, 0.15) is 39.5 Å². The molecule has 0 unspecified atom stereocenters. The van der Waals surface area contributed by atoms with Crippen LogP contribution in [0.5, 0.6) is 11.5 Å². The first-order valence-corrected chi connectivity index (χ1v) is 10.5. The largest absolute Gasteiger partial charge is 0.490 e. The van der Waals surface area contributed by atoms with Crippen molar-refractivity contribution >= 4 is 23.3 Å². The van der Waals surface area contributed by atoms with Gasteiger partial charge in [0.2, 0.25) is 0 Å². The van der Waals surface area contributed by atoms with Gasteiger partial charge in [0.1, 0.15) is 6.61 Å². The van der Waals surface area contributed by atoms with E-state index in [1.165, 1.54) is 5.56 Å². The molecule has 0 heterocycles. The van der Waals surface area contributed by atoms with Gasteiger partial charge in [-0.15, -0.1) is 0 Å². The van der Waals surface area contributed by atoms with Gasteiger partial charge in [-0.2, -0.15) is 0 Å². The van der Waals surface area contributed by atoms with Crippen molar-refractivity contribution in [3.63, 3.8) is 0 Å². The molecular formula is C25H26ClNO4. The van der Waals surface area contributed by atoms with Gasteiger partial charge in [-0.05, 0) is 61.7 Å². The fraction of sp³-hybridized carbons (Fsp3) is 0.240. The maximum absolute atomic E-state index is 11.1. The number of anilines is 1. The number of nitrogens with one attached hydrogen (secondary N) is 1. The zero-order valence-electron chi connectivity index (χ0n) is 17.9. The number of hydrogen-bond acceptors (Lipinski definition) is 4. The molecule has 0 aliphatic heterocycles. The molecule has 3 aromatic rings. The number of halogens is 1. The predicted octanol–water partition coefficient (Wildman–Crippen LogP) is 6.24. The number of carbonyl (C=O) groups is 1. The molecule has 0 aliphatic rings. The van der Waals surface area contributed by atoms with E-state index in [4.69, 9.17) is 26.2 Å². The first kappa shape index (κ1) is 22.5. The quantitative estimate of drug-likeness (QED) is 0.412. The van der Waals surface area contributed by atoms with Crippen LogP contribution in [0.15, 0.2) is 54.6 Å². The molecule has 6 heteroatoms. The Morgan fingerprint density at radius 3 is 2.35 bits per heavy atom. The van der Waals surface area contributed by atoms with Gasteiger partial charge >= 0.3 is 5.97 Å². The average molecular weight is 440 g/mol. The third kappa shape index (κ3) is 5.92. The van der Waals surface area contributed by atoms with E-state index in [1.54, 1.807) is 24.3 Å². The Morgan fingerprint density at radius 1 is 1.00 bits per heavy atom. The van der Waals surface area contributed by atoms with Crippen LogP contribution in [0.2, 0.25) is 5.02 Å². The van der Waals surface area contributed by atoms with Crippen molar-refractivity contribution < 1.29 is 19.4 Å². The molecule has 0 aromatic heterocycles. The molecule has 0 radical (unpaired) electrons. The van der Waals surface area contributed by atoms with E-state index in [9.17, 15) is 4.79 Å². The van der Waals surface area contributed by atoms with E-state index in [-0.39, 0.29) is 5.56 Å². The molecule has 0 saturated heterocycles. The van der Waals surface area contributed by atoms with Crippen molar-refractivity contribution in [1.29, 1.82) is 0 Å². The highest BCUT2D eigenvalue weighted by Gasteiger charge is 2.13. The van der Waals surface area contributed by atoms with Crippen molar-refractivity contribution in [2.24, 2.45) is 0 Å². The Morgan fingerprint density at radius 2 is 1.71 bits per heavy atom. The number of aromatic carboxylic acids is 1. The third-order valence-corrected chi connectivity index (χ3v) is 5.22. The van der Waals surface area contributed by atoms with Crippen molar-refractivity contribution in [2.75, 3.05) is 11.9 Å². The molecule has 5 nitrogen and oxygen atoms in total. The van der Waals surface area contributed by atoms with Gasteiger partial charge in [-0.25, -0.2) is 4.79 Å². The topological polar surface area (TPSA) is 67.8 Å². The van der Waals surface area contributed by atoms with E-state index < -0.39 is 5.97 Å². The molecule has 0 bridgehead atoms. The number of hydrogen-bond donors (Lipinski definition) is 2. The fourth-order valence-electron chi connectivity index (χ4n) is 3.12. The Bertz CT molecular complexity index is 1060. The van der Waals surface area contributed by atoms with Crippen LogP contribution < -0.4 is 14.8 Å². The van der Waals surface area contributed by atoms with Gasteiger partial charge in [0.25, 0.3) is 0 Å². The van der Waals surface area contributed by atoms with Crippen LogP contribution in [0.4, 0.5) is 5.69 Å². The average Bonchev–Trinajstić information content (AvgIpc) is 2.74. The summed E-state index contributed by atoms with van der Waals surface area (Å²) in [6.07, 6.45) is 0. The number of ether oxygens (including phenoxy) is 2. The molecule has 3 aromatic carbocycles. The number of aryl methyl sites for hydroxylation is 2. The van der Waals surface area contributed by atoms with E-state index in [0.29, 0.717) is 36.3 Å². The lowest BCUT2D eigenvalue weighted by atomic mass is 10.1. The minimum absolute atomic E-state index is 0.259. The highest BCUT2D eigenvalue weighted by atomic mass is 35.5. The summed E-state index contributed by atoms with van der Waals surface area (Å²) in [6.45, 7) is 7.22. The second kappa shape index (κ2) is 10.2. The van der Waals surface area contributed by atoms with Gasteiger partial charge in [-0.1, -0.05) is 41.4 Å². The van der Waals surface area contributed by atoms with Crippen molar-refractivity contribution in [2.45, 2.75) is 33.9 Å². The maximum Gasteiger partial charge on any atom is 0.335 e. The van der Waals surface area contributed by atoms with E-state index in [0.717, 1.165) is 22.4 Å². The van der Waals surface area contributed by atoms with Crippen molar-refractivity contribution in [3.8, 4) is 11.5 Å². The normalized spacial score (nSPS) is 10.6. The first-order chi connectivity index (χ1) is 14.9. The van der Waals surface area contributed by atoms with Gasteiger partial charge in [-0.3, -0.25) is 0 Å².